The Kier molecular flexibility index (Phi) is 35.4. The second kappa shape index (κ2) is 45.6. The summed E-state index contributed by atoms with van der Waals surface area (Å²) >= 11 is 2.29. The molecule has 0 saturated heterocycles. The van der Waals surface area contributed by atoms with E-state index in [9.17, 15) is 58.5 Å². The molecule has 7 aromatic rings. The summed E-state index contributed by atoms with van der Waals surface area (Å²) in [7, 11) is 0. The van der Waals surface area contributed by atoms with E-state index < -0.39 is 181 Å². The van der Waals surface area contributed by atoms with Crippen LogP contribution in [0.1, 0.15) is 108 Å². The van der Waals surface area contributed by atoms with Crippen molar-refractivity contribution in [2.45, 2.75) is 190 Å². The van der Waals surface area contributed by atoms with Gasteiger partial charge in [0.25, 0.3) is 0 Å². The number of aromatic amines is 2. The lowest BCUT2D eigenvalue weighted by molar-refractivity contribution is -0.136. The van der Waals surface area contributed by atoms with Gasteiger partial charge in [0.05, 0.1) is 30.4 Å². The fourth-order valence-corrected chi connectivity index (χ4v) is 14.8. The molecule has 0 radical (unpaired) electrons. The molecule has 14 amide bonds. The van der Waals surface area contributed by atoms with Gasteiger partial charge in [-0.05, 0) is 92.0 Å². The summed E-state index contributed by atoms with van der Waals surface area (Å²) in [6.07, 6.45) is 4.02. The maximum absolute atomic E-state index is 15.5. The molecule has 3 aliphatic heterocycles. The van der Waals surface area contributed by atoms with Crippen molar-refractivity contribution in [3.8, 4) is 16.9 Å². The lowest BCUT2D eigenvalue weighted by Crippen LogP contribution is -2.62. The molecule has 0 fully saturated rings. The molecule has 21 N–H and O–H groups in total. The van der Waals surface area contributed by atoms with Crippen LogP contribution in [0.25, 0.3) is 22.0 Å². The number of carbonyl (C=O) groups is 14. The molecule has 3 aromatic carbocycles. The Labute approximate surface area is 701 Å². The SMILES string of the molecule is CC(=O)N[C@@H](CC(C)C)C(=O)N[C@H](C(=O)N[C@@H](Cc1ccccc1)C(=O)N[C@@H]1CSCc2ccc(cn2)-c2ccc(nc2)CSC[C@H](C(=O)N[C@@H](CO)C(N)=O)NC(=O)[C@H](CC(C)C)NC(=O)[C@H](CCC(N)=O)NC(=O)[C@H](C)NC(=O)[C@H](Cc2c[nH]c3ccccc23)NC(=O)[C@H](Cc2ccc(O)cc2)NC(=O)[C@H](Cc2cnc[nH]2)NC1=O)[C@@H](C)O. The molecule has 36 nitrogen and oxygen atoms in total. The zero-order valence-corrected chi connectivity index (χ0v) is 69.1. The molecule has 3 aliphatic rings. The summed E-state index contributed by atoms with van der Waals surface area (Å²) in [5, 5.41) is 63.8. The molecule has 10 rings (SSSR count). The third-order valence-electron chi connectivity index (χ3n) is 19.3. The highest BCUT2D eigenvalue weighted by Gasteiger charge is 2.39. The van der Waals surface area contributed by atoms with Gasteiger partial charge < -0.3 is 101 Å². The molecule has 642 valence electrons. The number of nitrogens with one attached hydrogen (secondary N) is 14. The number of pyridine rings is 2. The van der Waals surface area contributed by atoms with Crippen molar-refractivity contribution in [3.05, 3.63) is 168 Å². The van der Waals surface area contributed by atoms with Crippen LogP contribution < -0.4 is 75.3 Å². The molecule has 120 heavy (non-hydrogen) atoms. The first-order valence-electron chi connectivity index (χ1n) is 39.1. The number of aliphatic hydroxyl groups excluding tert-OH is 2. The quantitative estimate of drug-likeness (QED) is 0.0311. The Hall–Kier alpha value is -12.3. The van der Waals surface area contributed by atoms with Gasteiger partial charge in [-0.3, -0.25) is 77.1 Å². The van der Waals surface area contributed by atoms with Gasteiger partial charge in [0.15, 0.2) is 0 Å². The number of carbonyl (C=O) groups excluding carboxylic acids is 14. The Bertz CT molecular complexity index is 4690. The summed E-state index contributed by atoms with van der Waals surface area (Å²) < 4.78 is 0. The van der Waals surface area contributed by atoms with Crippen LogP contribution in [-0.2, 0) is 104 Å². The Morgan fingerprint density at radius 3 is 1.73 bits per heavy atom. The van der Waals surface area contributed by atoms with Crippen LogP contribution >= 0.6 is 23.5 Å². The molecule has 38 heteroatoms. The van der Waals surface area contributed by atoms with Gasteiger partial charge in [0, 0.05) is 115 Å². The van der Waals surface area contributed by atoms with Gasteiger partial charge in [-0.15, -0.1) is 0 Å². The molecule has 0 unspecified atom stereocenters. The lowest BCUT2D eigenvalue weighted by Gasteiger charge is -2.29. The number of amides is 14. The van der Waals surface area contributed by atoms with Crippen LogP contribution in [0.3, 0.4) is 0 Å². The first kappa shape index (κ1) is 93.2. The van der Waals surface area contributed by atoms with Crippen molar-refractivity contribution in [1.82, 2.24) is 88.7 Å². The fourth-order valence-electron chi connectivity index (χ4n) is 12.9. The second-order valence-corrected chi connectivity index (χ2v) is 32.2. The summed E-state index contributed by atoms with van der Waals surface area (Å²) in [6.45, 7) is 9.99. The van der Waals surface area contributed by atoms with E-state index in [-0.39, 0.29) is 79.1 Å². The predicted octanol–water partition coefficient (Wildman–Crippen LogP) is -0.422. The van der Waals surface area contributed by atoms with E-state index in [0.717, 1.165) is 23.5 Å². The normalized spacial score (nSPS) is 20.4. The van der Waals surface area contributed by atoms with Crippen molar-refractivity contribution in [2.75, 3.05) is 18.1 Å². The zero-order chi connectivity index (χ0) is 87.3. The van der Waals surface area contributed by atoms with Gasteiger partial charge in [-0.25, -0.2) is 4.98 Å². The van der Waals surface area contributed by atoms with Crippen LogP contribution in [0.5, 0.6) is 5.75 Å². The number of nitrogens with two attached hydrogens (primary N) is 2. The minimum atomic E-state index is -1.69. The topological polar surface area (TPSA) is 566 Å². The van der Waals surface area contributed by atoms with Crippen LogP contribution in [-0.4, -0.2) is 220 Å². The van der Waals surface area contributed by atoms with Crippen molar-refractivity contribution in [2.24, 2.45) is 23.3 Å². The van der Waals surface area contributed by atoms with E-state index in [2.05, 4.69) is 83.7 Å². The number of imidazole rings is 1. The minimum absolute atomic E-state index is 0.0466. The minimum Gasteiger partial charge on any atom is -0.508 e. The summed E-state index contributed by atoms with van der Waals surface area (Å²) in [5.74, 6) is -13.6. The molecule has 0 saturated carbocycles. The number of primary amides is 2. The molecular formula is C82H105N19O17S2. The number of aliphatic hydroxyl groups is 2. The molecule has 4 aromatic heterocycles. The Morgan fingerprint density at radius 2 is 1.14 bits per heavy atom. The van der Waals surface area contributed by atoms with Crippen molar-refractivity contribution >= 4 is 117 Å². The highest BCUT2D eigenvalue weighted by molar-refractivity contribution is 7.98. The van der Waals surface area contributed by atoms with Crippen LogP contribution in [0.15, 0.2) is 134 Å². The number of aromatic hydroxyl groups is 1. The summed E-state index contributed by atoms with van der Waals surface area (Å²) in [6, 6.07) is 9.78. The third-order valence-corrected chi connectivity index (χ3v) is 21.4. The van der Waals surface area contributed by atoms with Gasteiger partial charge >= 0.3 is 0 Å². The number of H-pyrrole nitrogens is 2. The number of benzene rings is 3. The van der Waals surface area contributed by atoms with Crippen molar-refractivity contribution < 1.29 is 82.4 Å². The number of phenols is 1. The lowest BCUT2D eigenvalue weighted by atomic mass is 10.0. The average molecular weight is 1690 g/mol. The van der Waals surface area contributed by atoms with E-state index in [1.807, 2.05) is 13.8 Å². The Balaban J connectivity index is 1.19. The number of hydrogen-bond donors (Lipinski definition) is 19. The van der Waals surface area contributed by atoms with E-state index in [4.69, 9.17) is 16.5 Å². The summed E-state index contributed by atoms with van der Waals surface area (Å²) in [5.41, 5.74) is 15.7. The number of para-hydroxylation sites is 1. The van der Waals surface area contributed by atoms with Crippen molar-refractivity contribution in [3.63, 3.8) is 0 Å². The highest BCUT2D eigenvalue weighted by atomic mass is 32.2. The summed E-state index contributed by atoms with van der Waals surface area (Å²) in [4.78, 5) is 219. The fraction of sp³-hybridized carbons (Fsp3) is 0.427. The molecule has 13 atom stereocenters. The monoisotopic (exact) mass is 1690 g/mol. The first-order chi connectivity index (χ1) is 57.2. The average Bonchev–Trinajstić information content (AvgIpc) is 1.64. The van der Waals surface area contributed by atoms with E-state index in [1.54, 1.807) is 111 Å². The molecule has 0 aliphatic carbocycles. The van der Waals surface area contributed by atoms with E-state index in [1.165, 1.54) is 57.6 Å². The number of thioether (sulfide) groups is 2. The second-order valence-electron chi connectivity index (χ2n) is 30.1. The molecular weight excluding hydrogens is 1590 g/mol. The standard InChI is InChI=1S/C82H105N19O17S2/c1-43(2)27-60(91-47(7)104)79(115)101-70(46(6)103)82(118)97-63(29-48-13-9-8-10-14-48)77(113)100-67-40-119-38-53-21-19-50(33-86-53)51-20-22-54(87-34-51)39-120-41-68(81(117)98-66(37-102)71(84)107)99-75(111)61(28-44(3)4)93-73(109)59(25-26-69(83)106)92-72(108)45(5)90-74(110)64(31-52-35-88-58-16-12-11-15-57(52)58)95-76(112)62(30-49-17-23-56(105)24-18-49)94-78(114)65(96-80(67)116)32-55-36-85-42-89-55/h8-24,33-36,42-46,59-68,70,88,102-103,105H,25-32,37-41H2,1-7H3,(H2,83,106)(H2,84,107)(H,85,89)(H,90,110)(H,91,104)(H,92,108)(H,93,109)(H,94,114)(H,95,112)(H,96,116)(H,97,118)(H,98,117)(H,99,111)(H,100,113)(H,101,115)/t45-,46+,59-,60-,61-,62-,63-,64-,65-,66-,67+,68+,70-/m0/s1. The third kappa shape index (κ3) is 29.1. The largest absolute Gasteiger partial charge is 0.508 e. The van der Waals surface area contributed by atoms with Crippen LogP contribution in [0.4, 0.5) is 0 Å². The van der Waals surface area contributed by atoms with Crippen molar-refractivity contribution in [1.29, 1.82) is 0 Å². The van der Waals surface area contributed by atoms with Gasteiger partial charge in [0.1, 0.15) is 78.3 Å². The number of phenolic OH excluding ortho intramolecular Hbond substituents is 1. The first-order valence-corrected chi connectivity index (χ1v) is 41.4. The molecule has 0 spiro atoms. The molecule has 4 bridgehead atoms. The number of fused-ring (bicyclic) bond motifs is 3. The number of nitrogens with zero attached hydrogens (tertiary/aromatic N) is 3. The number of hydrogen-bond acceptors (Lipinski definition) is 22. The Morgan fingerprint density at radius 1 is 0.558 bits per heavy atom. The number of aromatic nitrogens is 5. The van der Waals surface area contributed by atoms with Crippen LogP contribution in [0, 0.1) is 11.8 Å². The predicted molar refractivity (Wildman–Crippen MR) is 446 cm³/mol. The van der Waals surface area contributed by atoms with E-state index >= 15 is 24.0 Å². The zero-order valence-electron chi connectivity index (χ0n) is 67.4. The smallest absolute Gasteiger partial charge is 0.245 e. The van der Waals surface area contributed by atoms with Gasteiger partial charge in [0.2, 0.25) is 82.7 Å². The highest BCUT2D eigenvalue weighted by Crippen LogP contribution is 2.24. The van der Waals surface area contributed by atoms with Gasteiger partial charge in [-0.1, -0.05) is 100 Å². The van der Waals surface area contributed by atoms with Gasteiger partial charge in [-0.2, -0.15) is 23.5 Å². The number of rotatable bonds is 27. The van der Waals surface area contributed by atoms with E-state index in [0.29, 0.717) is 55.8 Å². The maximum atomic E-state index is 15.5. The van der Waals surface area contributed by atoms with Crippen LogP contribution in [0.2, 0.25) is 0 Å². The maximum Gasteiger partial charge on any atom is 0.245 e. The molecule has 7 heterocycles.